The number of hydrogen-bond donors (Lipinski definition) is 1. The number of benzene rings is 2. The Morgan fingerprint density at radius 2 is 1.75 bits per heavy atom. The number of para-hydroxylation sites is 2. The van der Waals surface area contributed by atoms with Crippen molar-refractivity contribution in [2.45, 2.75) is 18.3 Å². The summed E-state index contributed by atoms with van der Waals surface area (Å²) in [5, 5.41) is 0. The smallest absolute Gasteiger partial charge is 0.208 e. The first-order valence-corrected chi connectivity index (χ1v) is 11.2. The molecule has 2 aromatic rings. The van der Waals surface area contributed by atoms with Gasteiger partial charge in [0.1, 0.15) is 11.5 Å². The minimum atomic E-state index is -3.28. The summed E-state index contributed by atoms with van der Waals surface area (Å²) in [7, 11) is 0.0471. The third kappa shape index (κ3) is 4.59. The van der Waals surface area contributed by atoms with Crippen LogP contribution in [0, 0.1) is 0 Å². The Balaban J connectivity index is 1.87. The minimum Gasteiger partial charge on any atom is -0.497 e. The number of ether oxygens (including phenoxy) is 2. The minimum absolute atomic E-state index is 0.282. The maximum atomic E-state index is 11.8. The Labute approximate surface area is 167 Å². The lowest BCUT2D eigenvalue weighted by atomic mass is 9.72. The van der Waals surface area contributed by atoms with Crippen molar-refractivity contribution in [2.75, 3.05) is 45.0 Å². The van der Waals surface area contributed by atoms with Gasteiger partial charge in [-0.05, 0) is 42.7 Å². The van der Waals surface area contributed by atoms with Gasteiger partial charge in [-0.3, -0.25) is 0 Å². The zero-order valence-corrected chi connectivity index (χ0v) is 17.5. The van der Waals surface area contributed by atoms with Crippen molar-refractivity contribution >= 4 is 15.7 Å². The first-order valence-electron chi connectivity index (χ1n) is 9.34. The maximum Gasteiger partial charge on any atom is 0.208 e. The molecular weight excluding hydrogens is 376 g/mol. The van der Waals surface area contributed by atoms with Gasteiger partial charge in [-0.25, -0.2) is 13.1 Å². The molecule has 0 saturated carbocycles. The summed E-state index contributed by atoms with van der Waals surface area (Å²) in [6.07, 6.45) is 2.84. The Kier molecular flexibility index (Phi) is 6.15. The number of sulfonamides is 1. The maximum absolute atomic E-state index is 11.8. The van der Waals surface area contributed by atoms with Gasteiger partial charge in [0, 0.05) is 25.0 Å². The molecule has 1 aliphatic heterocycles. The van der Waals surface area contributed by atoms with Gasteiger partial charge in [-0.1, -0.05) is 24.3 Å². The van der Waals surface area contributed by atoms with E-state index in [9.17, 15) is 8.42 Å². The lowest BCUT2D eigenvalue weighted by molar-refractivity contribution is 0.325. The summed E-state index contributed by atoms with van der Waals surface area (Å²) >= 11 is 0. The van der Waals surface area contributed by atoms with Crippen LogP contribution in [-0.2, 0) is 15.4 Å². The number of methoxy groups -OCH3 is 2. The van der Waals surface area contributed by atoms with Crippen LogP contribution in [0.1, 0.15) is 18.4 Å². The van der Waals surface area contributed by atoms with E-state index in [1.54, 1.807) is 14.2 Å². The highest BCUT2D eigenvalue weighted by molar-refractivity contribution is 7.88. The van der Waals surface area contributed by atoms with Crippen LogP contribution in [0.25, 0.3) is 0 Å². The molecule has 0 aliphatic carbocycles. The van der Waals surface area contributed by atoms with E-state index in [2.05, 4.69) is 21.8 Å². The van der Waals surface area contributed by atoms with Crippen LogP contribution < -0.4 is 19.1 Å². The summed E-state index contributed by atoms with van der Waals surface area (Å²) in [4.78, 5) is 2.30. The molecule has 0 radical (unpaired) electrons. The number of nitrogens with one attached hydrogen (secondary N) is 1. The molecule has 0 aromatic heterocycles. The molecule has 1 fully saturated rings. The average molecular weight is 405 g/mol. The molecule has 1 heterocycles. The fraction of sp³-hybridized carbons (Fsp3) is 0.429. The van der Waals surface area contributed by atoms with Crippen molar-refractivity contribution in [1.82, 2.24) is 4.72 Å². The van der Waals surface area contributed by atoms with Gasteiger partial charge in [-0.2, -0.15) is 0 Å². The van der Waals surface area contributed by atoms with Crippen molar-refractivity contribution in [3.05, 3.63) is 54.1 Å². The highest BCUT2D eigenvalue weighted by Crippen LogP contribution is 2.39. The van der Waals surface area contributed by atoms with Gasteiger partial charge in [0.05, 0.1) is 26.2 Å². The predicted molar refractivity (Wildman–Crippen MR) is 112 cm³/mol. The largest absolute Gasteiger partial charge is 0.497 e. The van der Waals surface area contributed by atoms with Crippen molar-refractivity contribution in [2.24, 2.45) is 0 Å². The number of rotatable bonds is 7. The topological polar surface area (TPSA) is 67.9 Å². The first-order chi connectivity index (χ1) is 13.4. The van der Waals surface area contributed by atoms with Crippen molar-refractivity contribution in [3.63, 3.8) is 0 Å². The number of anilines is 1. The zero-order valence-electron chi connectivity index (χ0n) is 16.6. The summed E-state index contributed by atoms with van der Waals surface area (Å²) in [6.45, 7) is 1.99. The molecule has 0 amide bonds. The predicted octanol–water partition coefficient (Wildman–Crippen LogP) is 2.79. The molecule has 28 heavy (non-hydrogen) atoms. The summed E-state index contributed by atoms with van der Waals surface area (Å²) in [5.74, 6) is 1.63. The third-order valence-corrected chi connectivity index (χ3v) is 6.17. The zero-order chi connectivity index (χ0) is 20.2. The fourth-order valence-corrected chi connectivity index (χ4v) is 4.39. The summed E-state index contributed by atoms with van der Waals surface area (Å²) < 4.78 is 37.2. The summed E-state index contributed by atoms with van der Waals surface area (Å²) in [5.41, 5.74) is 1.89. The molecule has 7 heteroatoms. The molecule has 2 aromatic carbocycles. The van der Waals surface area contributed by atoms with Gasteiger partial charge < -0.3 is 14.4 Å². The van der Waals surface area contributed by atoms with Crippen molar-refractivity contribution in [1.29, 1.82) is 0 Å². The second-order valence-electron chi connectivity index (χ2n) is 7.26. The Morgan fingerprint density at radius 1 is 1.04 bits per heavy atom. The molecule has 0 spiro atoms. The standard InChI is InChI=1S/C21H28N2O4S/c1-26-18-8-6-7-17(15-18)21(16-22-28(3,24)25)11-13-23(14-12-21)19-9-4-5-10-20(19)27-2/h4-10,15,22H,11-14,16H2,1-3H3. The number of piperidine rings is 1. The Hall–Kier alpha value is -2.25. The van der Waals surface area contributed by atoms with Crippen molar-refractivity contribution < 1.29 is 17.9 Å². The Morgan fingerprint density at radius 3 is 2.39 bits per heavy atom. The normalized spacial score (nSPS) is 16.6. The van der Waals surface area contributed by atoms with E-state index in [-0.39, 0.29) is 5.41 Å². The van der Waals surface area contributed by atoms with Crippen LogP contribution in [0.5, 0.6) is 11.5 Å². The van der Waals surface area contributed by atoms with Gasteiger partial charge >= 0.3 is 0 Å². The quantitative estimate of drug-likeness (QED) is 0.769. The molecule has 1 N–H and O–H groups in total. The first kappa shape index (κ1) is 20.5. The van der Waals surface area contributed by atoms with E-state index in [1.165, 1.54) is 6.26 Å². The van der Waals surface area contributed by atoms with Gasteiger partial charge in [0.25, 0.3) is 0 Å². The van der Waals surface area contributed by atoms with Crippen LogP contribution in [0.4, 0.5) is 5.69 Å². The molecule has 1 saturated heterocycles. The van der Waals surface area contributed by atoms with E-state index >= 15 is 0 Å². The molecule has 1 aliphatic rings. The average Bonchev–Trinajstić information content (AvgIpc) is 2.72. The second-order valence-corrected chi connectivity index (χ2v) is 9.10. The van der Waals surface area contributed by atoms with Crippen LogP contribution in [-0.4, -0.2) is 48.5 Å². The van der Waals surface area contributed by atoms with Crippen LogP contribution in [0.3, 0.4) is 0 Å². The van der Waals surface area contributed by atoms with E-state index in [4.69, 9.17) is 9.47 Å². The highest BCUT2D eigenvalue weighted by Gasteiger charge is 2.37. The SMILES string of the molecule is COc1cccc(C2(CNS(C)(=O)=O)CCN(c3ccccc3OC)CC2)c1. The second kappa shape index (κ2) is 8.41. The number of hydrogen-bond acceptors (Lipinski definition) is 5. The van der Waals surface area contributed by atoms with Crippen LogP contribution >= 0.6 is 0 Å². The highest BCUT2D eigenvalue weighted by atomic mass is 32.2. The van der Waals surface area contributed by atoms with E-state index in [0.717, 1.165) is 48.7 Å². The van der Waals surface area contributed by atoms with Gasteiger partial charge in [0.15, 0.2) is 0 Å². The van der Waals surface area contributed by atoms with E-state index in [0.29, 0.717) is 6.54 Å². The fourth-order valence-electron chi connectivity index (χ4n) is 3.86. The van der Waals surface area contributed by atoms with Crippen molar-refractivity contribution in [3.8, 4) is 11.5 Å². The lowest BCUT2D eigenvalue weighted by Gasteiger charge is -2.43. The monoisotopic (exact) mass is 404 g/mol. The molecule has 6 nitrogen and oxygen atoms in total. The van der Waals surface area contributed by atoms with Gasteiger partial charge in [-0.15, -0.1) is 0 Å². The molecule has 0 bridgehead atoms. The van der Waals surface area contributed by atoms with Gasteiger partial charge in [0.2, 0.25) is 10.0 Å². The molecule has 0 unspecified atom stereocenters. The lowest BCUT2D eigenvalue weighted by Crippen LogP contribution is -2.49. The summed E-state index contributed by atoms with van der Waals surface area (Å²) in [6, 6.07) is 15.9. The van der Waals surface area contributed by atoms with E-state index < -0.39 is 10.0 Å². The van der Waals surface area contributed by atoms with Crippen LogP contribution in [0.2, 0.25) is 0 Å². The molecular formula is C21H28N2O4S. The third-order valence-electron chi connectivity index (χ3n) is 5.50. The molecule has 152 valence electrons. The molecule has 3 rings (SSSR count). The molecule has 0 atom stereocenters. The number of nitrogens with zero attached hydrogens (tertiary/aromatic N) is 1. The van der Waals surface area contributed by atoms with Crippen LogP contribution in [0.15, 0.2) is 48.5 Å². The van der Waals surface area contributed by atoms with E-state index in [1.807, 2.05) is 36.4 Å². The Bertz CT molecular complexity index is 906.